The van der Waals surface area contributed by atoms with Gasteiger partial charge in [-0.1, -0.05) is 30.3 Å². The lowest BCUT2D eigenvalue weighted by Crippen LogP contribution is -2.31. The predicted octanol–water partition coefficient (Wildman–Crippen LogP) is 3.57. The summed E-state index contributed by atoms with van der Waals surface area (Å²) < 4.78 is 12.8. The number of hydrogen-bond acceptors (Lipinski definition) is 4. The van der Waals surface area contributed by atoms with Gasteiger partial charge in [0.15, 0.2) is 17.5 Å². The van der Waals surface area contributed by atoms with Crippen molar-refractivity contribution in [1.29, 1.82) is 0 Å². The monoisotopic (exact) mass is 407 g/mol. The van der Waals surface area contributed by atoms with E-state index >= 15 is 0 Å². The minimum Gasteiger partial charge on any atom is -0.493 e. The summed E-state index contributed by atoms with van der Waals surface area (Å²) in [6, 6.07) is 16.1. The van der Waals surface area contributed by atoms with Gasteiger partial charge >= 0.3 is 0 Å². The third-order valence-corrected chi connectivity index (χ3v) is 4.59. The quantitative estimate of drug-likeness (QED) is 0.419. The van der Waals surface area contributed by atoms with E-state index in [-0.39, 0.29) is 0 Å². The summed E-state index contributed by atoms with van der Waals surface area (Å²) in [5.41, 5.74) is 2.13. The first kappa shape index (κ1) is 21.2. The van der Waals surface area contributed by atoms with Gasteiger partial charge in [0, 0.05) is 50.2 Å². The highest BCUT2D eigenvalue weighted by atomic mass is 16.5. The van der Waals surface area contributed by atoms with E-state index in [4.69, 9.17) is 14.5 Å². The topological polar surface area (TPSA) is 72.7 Å². The van der Waals surface area contributed by atoms with Crippen LogP contribution in [0.2, 0.25) is 0 Å². The van der Waals surface area contributed by atoms with Gasteiger partial charge in [0.05, 0.1) is 14.2 Å². The third-order valence-electron chi connectivity index (χ3n) is 4.59. The molecule has 3 aromatic rings. The van der Waals surface area contributed by atoms with Gasteiger partial charge in [-0.05, 0) is 24.6 Å². The molecule has 158 valence electrons. The number of imidazole rings is 1. The summed E-state index contributed by atoms with van der Waals surface area (Å²) >= 11 is 0. The van der Waals surface area contributed by atoms with Crippen molar-refractivity contribution in [2.45, 2.75) is 19.9 Å². The molecule has 0 unspecified atom stereocenters. The van der Waals surface area contributed by atoms with E-state index in [0.717, 1.165) is 31.0 Å². The maximum atomic E-state index is 5.37. The van der Waals surface area contributed by atoms with Crippen LogP contribution in [0.1, 0.15) is 18.3 Å². The number of nitrogens with zero attached hydrogens (tertiary/aromatic N) is 3. The lowest BCUT2D eigenvalue weighted by molar-refractivity contribution is 0.355. The van der Waals surface area contributed by atoms with Crippen molar-refractivity contribution < 1.29 is 9.47 Å². The molecule has 0 amide bonds. The van der Waals surface area contributed by atoms with Crippen LogP contribution in [0.15, 0.2) is 65.9 Å². The Morgan fingerprint density at radius 3 is 2.60 bits per heavy atom. The average Bonchev–Trinajstić information content (AvgIpc) is 3.21. The summed E-state index contributed by atoms with van der Waals surface area (Å²) in [6.45, 7) is 4.23. The minimum atomic E-state index is 0.619. The molecule has 30 heavy (non-hydrogen) atoms. The highest BCUT2D eigenvalue weighted by Gasteiger charge is 2.07. The molecule has 0 fully saturated rings. The second-order valence-electron chi connectivity index (χ2n) is 6.66. The third kappa shape index (κ3) is 5.76. The van der Waals surface area contributed by atoms with Crippen LogP contribution in [-0.2, 0) is 13.0 Å². The Morgan fingerprint density at radius 2 is 1.87 bits per heavy atom. The lowest BCUT2D eigenvalue weighted by Gasteiger charge is -2.14. The molecule has 0 aliphatic heterocycles. The average molecular weight is 408 g/mol. The van der Waals surface area contributed by atoms with Gasteiger partial charge in [-0.2, -0.15) is 0 Å². The van der Waals surface area contributed by atoms with Gasteiger partial charge in [0.2, 0.25) is 0 Å². The second kappa shape index (κ2) is 10.9. The van der Waals surface area contributed by atoms with E-state index in [2.05, 4.69) is 44.5 Å². The molecule has 1 aromatic heterocycles. The van der Waals surface area contributed by atoms with Gasteiger partial charge < -0.3 is 24.7 Å². The van der Waals surface area contributed by atoms with Crippen molar-refractivity contribution in [3.8, 4) is 11.5 Å². The molecule has 0 radical (unpaired) electrons. The Morgan fingerprint density at radius 1 is 1.07 bits per heavy atom. The fraction of sp³-hybridized carbons (Fsp3) is 0.304. The Bertz CT molecular complexity index is 953. The van der Waals surface area contributed by atoms with E-state index < -0.39 is 0 Å². The van der Waals surface area contributed by atoms with E-state index in [0.29, 0.717) is 24.0 Å². The minimum absolute atomic E-state index is 0.619. The van der Waals surface area contributed by atoms with Crippen LogP contribution in [0.3, 0.4) is 0 Å². The molecule has 0 aliphatic carbocycles. The molecule has 0 bridgehead atoms. The van der Waals surface area contributed by atoms with Crippen molar-refractivity contribution in [1.82, 2.24) is 14.9 Å². The van der Waals surface area contributed by atoms with Crippen LogP contribution in [0.5, 0.6) is 11.5 Å². The van der Waals surface area contributed by atoms with Crippen molar-refractivity contribution in [2.24, 2.45) is 4.99 Å². The highest BCUT2D eigenvalue weighted by molar-refractivity contribution is 5.93. The van der Waals surface area contributed by atoms with Gasteiger partial charge in [-0.25, -0.2) is 4.98 Å². The Hall–Kier alpha value is -3.48. The number of methoxy groups -OCH3 is 2. The smallest absolute Gasteiger partial charge is 0.195 e. The molecule has 0 saturated heterocycles. The van der Waals surface area contributed by atoms with Crippen molar-refractivity contribution >= 4 is 11.6 Å². The van der Waals surface area contributed by atoms with E-state index in [1.807, 2.05) is 43.6 Å². The van der Waals surface area contributed by atoms with E-state index in [9.17, 15) is 0 Å². The van der Waals surface area contributed by atoms with Gasteiger partial charge in [-0.3, -0.25) is 4.99 Å². The predicted molar refractivity (Wildman–Crippen MR) is 121 cm³/mol. The van der Waals surface area contributed by atoms with Crippen LogP contribution >= 0.6 is 0 Å². The number of hydrogen-bond donors (Lipinski definition) is 2. The maximum Gasteiger partial charge on any atom is 0.195 e. The van der Waals surface area contributed by atoms with Gasteiger partial charge in [0.25, 0.3) is 0 Å². The van der Waals surface area contributed by atoms with Crippen LogP contribution in [0.4, 0.5) is 5.69 Å². The second-order valence-corrected chi connectivity index (χ2v) is 6.66. The van der Waals surface area contributed by atoms with Crippen LogP contribution < -0.4 is 20.1 Å². The number of rotatable bonds is 9. The molecule has 3 rings (SSSR count). The Labute approximate surface area is 177 Å². The molecule has 0 atom stereocenters. The first-order valence-electron chi connectivity index (χ1n) is 10.0. The van der Waals surface area contributed by atoms with Crippen molar-refractivity contribution in [2.75, 3.05) is 32.6 Å². The molecule has 7 heteroatoms. The molecule has 1 heterocycles. The Kier molecular flexibility index (Phi) is 7.71. The zero-order valence-electron chi connectivity index (χ0n) is 17.8. The fourth-order valence-corrected chi connectivity index (χ4v) is 3.12. The van der Waals surface area contributed by atoms with E-state index in [1.54, 1.807) is 14.2 Å². The normalized spacial score (nSPS) is 11.2. The zero-order valence-corrected chi connectivity index (χ0v) is 17.8. The molecular formula is C23H29N5O2. The maximum absolute atomic E-state index is 5.37. The number of anilines is 1. The Balaban J connectivity index is 1.64. The summed E-state index contributed by atoms with van der Waals surface area (Å²) in [5, 5.41) is 6.59. The highest BCUT2D eigenvalue weighted by Crippen LogP contribution is 2.29. The molecule has 2 N–H and O–H groups in total. The standard InChI is InChI=1S/C23H29N5O2/c1-4-24-23(27-19-10-11-20(29-2)21(16-19)30-3)26-13-12-22-25-14-15-28(22)17-18-8-6-5-7-9-18/h5-11,14-16H,4,12-13,17H2,1-3H3,(H2,24,26,27). The van der Waals surface area contributed by atoms with E-state index in [1.165, 1.54) is 5.56 Å². The number of aliphatic imine (C=N–C) groups is 1. The molecular weight excluding hydrogens is 378 g/mol. The number of guanidine groups is 1. The molecule has 0 aliphatic rings. The van der Waals surface area contributed by atoms with Crippen molar-refractivity contribution in [3.05, 3.63) is 72.3 Å². The first-order valence-corrected chi connectivity index (χ1v) is 10.0. The first-order chi connectivity index (χ1) is 14.7. The molecule has 2 aromatic carbocycles. The SMILES string of the molecule is CCNC(=NCCc1nccn1Cc1ccccc1)Nc1ccc(OC)c(OC)c1. The van der Waals surface area contributed by atoms with Gasteiger partial charge in [0.1, 0.15) is 5.82 Å². The molecule has 0 spiro atoms. The fourth-order valence-electron chi connectivity index (χ4n) is 3.12. The number of benzene rings is 2. The lowest BCUT2D eigenvalue weighted by atomic mass is 10.2. The van der Waals surface area contributed by atoms with Crippen LogP contribution in [0.25, 0.3) is 0 Å². The largest absolute Gasteiger partial charge is 0.493 e. The molecule has 7 nitrogen and oxygen atoms in total. The summed E-state index contributed by atoms with van der Waals surface area (Å²) in [6.07, 6.45) is 4.61. The molecule has 0 saturated carbocycles. The number of ether oxygens (including phenoxy) is 2. The van der Waals surface area contributed by atoms with Gasteiger partial charge in [-0.15, -0.1) is 0 Å². The summed E-state index contributed by atoms with van der Waals surface area (Å²) in [4.78, 5) is 9.20. The number of aromatic nitrogens is 2. The summed E-state index contributed by atoms with van der Waals surface area (Å²) in [5.74, 6) is 3.09. The van der Waals surface area contributed by atoms with Crippen LogP contribution in [-0.4, -0.2) is 42.8 Å². The van der Waals surface area contributed by atoms with Crippen LogP contribution in [0, 0.1) is 0 Å². The number of nitrogens with one attached hydrogen (secondary N) is 2. The summed E-state index contributed by atoms with van der Waals surface area (Å²) in [7, 11) is 3.25. The zero-order chi connectivity index (χ0) is 21.2. The van der Waals surface area contributed by atoms with Crippen molar-refractivity contribution in [3.63, 3.8) is 0 Å².